The number of amides is 2. The van der Waals surface area contributed by atoms with E-state index in [4.69, 9.17) is 16.3 Å². The van der Waals surface area contributed by atoms with Crippen molar-refractivity contribution >= 4 is 29.1 Å². The molecule has 2 aliphatic heterocycles. The summed E-state index contributed by atoms with van der Waals surface area (Å²) in [6, 6.07) is 13.1. The molecule has 28 heavy (non-hydrogen) atoms. The third-order valence-electron chi connectivity index (χ3n) is 5.05. The largest absolute Gasteiger partial charge is 0.482 e. The Balaban J connectivity index is 1.40. The molecule has 1 N–H and O–H groups in total. The Morgan fingerprint density at radius 3 is 2.71 bits per heavy atom. The van der Waals surface area contributed by atoms with E-state index in [1.54, 1.807) is 18.2 Å². The Kier molecular flexibility index (Phi) is 5.50. The highest BCUT2D eigenvalue weighted by Crippen LogP contribution is 2.29. The quantitative estimate of drug-likeness (QED) is 0.861. The number of nitrogens with zero attached hydrogens (tertiary/aromatic N) is 2. The number of benzene rings is 2. The minimum absolute atomic E-state index is 0.00979. The lowest BCUT2D eigenvalue weighted by Crippen LogP contribution is -2.35. The molecule has 2 aliphatic rings. The molecule has 2 aromatic carbocycles. The van der Waals surface area contributed by atoms with Crippen LogP contribution in [0.15, 0.2) is 42.5 Å². The lowest BCUT2D eigenvalue weighted by Gasteiger charge is -2.23. The number of nitrogens with one attached hydrogen (secondary N) is 1. The van der Waals surface area contributed by atoms with Crippen molar-refractivity contribution in [3.05, 3.63) is 58.6 Å². The maximum atomic E-state index is 13.0. The third-order valence-corrected chi connectivity index (χ3v) is 5.31. The first-order valence-electron chi connectivity index (χ1n) is 9.41. The molecule has 0 unspecified atom stereocenters. The predicted octanol–water partition coefficient (Wildman–Crippen LogP) is 3.02. The molecular weight excluding hydrogens is 378 g/mol. The van der Waals surface area contributed by atoms with Crippen LogP contribution >= 0.6 is 11.6 Å². The Morgan fingerprint density at radius 2 is 1.89 bits per heavy atom. The van der Waals surface area contributed by atoms with Crippen LogP contribution in [0, 0.1) is 0 Å². The Bertz CT molecular complexity index is 885. The van der Waals surface area contributed by atoms with Gasteiger partial charge < -0.3 is 15.0 Å². The molecule has 1 fully saturated rings. The lowest BCUT2D eigenvalue weighted by atomic mass is 10.1. The minimum Gasteiger partial charge on any atom is -0.482 e. The first-order valence-corrected chi connectivity index (χ1v) is 9.79. The average molecular weight is 400 g/mol. The predicted molar refractivity (Wildman–Crippen MR) is 108 cm³/mol. The number of halogens is 1. The molecule has 0 bridgehead atoms. The van der Waals surface area contributed by atoms with Crippen LogP contribution in [0.4, 0.5) is 5.69 Å². The van der Waals surface area contributed by atoms with Gasteiger partial charge in [0.15, 0.2) is 6.61 Å². The maximum Gasteiger partial charge on any atom is 0.262 e. The average Bonchev–Trinajstić information content (AvgIpc) is 2.94. The van der Waals surface area contributed by atoms with Crippen molar-refractivity contribution in [2.75, 3.05) is 38.1 Å². The fraction of sp³-hybridized carbons (Fsp3) is 0.333. The zero-order chi connectivity index (χ0) is 19.5. The van der Waals surface area contributed by atoms with Gasteiger partial charge in [-0.3, -0.25) is 14.5 Å². The molecule has 146 valence electrons. The van der Waals surface area contributed by atoms with Crippen molar-refractivity contribution in [2.24, 2.45) is 0 Å². The Labute approximate surface area is 169 Å². The summed E-state index contributed by atoms with van der Waals surface area (Å²) < 4.78 is 5.36. The molecule has 6 nitrogen and oxygen atoms in total. The molecule has 1 saturated heterocycles. The summed E-state index contributed by atoms with van der Waals surface area (Å²) in [5.74, 6) is 0.377. The van der Waals surface area contributed by atoms with Crippen molar-refractivity contribution in [3.8, 4) is 5.75 Å². The number of hydrogen-bond donors (Lipinski definition) is 1. The summed E-state index contributed by atoms with van der Waals surface area (Å²) in [7, 11) is 0. The highest BCUT2D eigenvalue weighted by Gasteiger charge is 2.23. The molecule has 2 amide bonds. The van der Waals surface area contributed by atoms with E-state index in [-0.39, 0.29) is 18.4 Å². The van der Waals surface area contributed by atoms with E-state index in [0.717, 1.165) is 37.6 Å². The summed E-state index contributed by atoms with van der Waals surface area (Å²) in [5, 5.41) is 3.50. The van der Waals surface area contributed by atoms with Gasteiger partial charge in [-0.2, -0.15) is 0 Å². The monoisotopic (exact) mass is 399 g/mol. The SMILES string of the molecule is O=C1COc2ccc(C(=O)N3CCCN(Cc4ccc(Cl)cc4)CC3)cc2N1. The smallest absolute Gasteiger partial charge is 0.262 e. The number of ether oxygens (including phenoxy) is 1. The summed E-state index contributed by atoms with van der Waals surface area (Å²) in [6.45, 7) is 4.01. The van der Waals surface area contributed by atoms with E-state index < -0.39 is 0 Å². The Hall–Kier alpha value is -2.57. The number of carbonyl (C=O) groups excluding carboxylic acids is 2. The van der Waals surface area contributed by atoms with E-state index in [1.807, 2.05) is 29.2 Å². The van der Waals surface area contributed by atoms with E-state index in [1.165, 1.54) is 5.56 Å². The van der Waals surface area contributed by atoms with Crippen LogP contribution in [0.3, 0.4) is 0 Å². The molecule has 2 heterocycles. The highest BCUT2D eigenvalue weighted by molar-refractivity contribution is 6.30. The van der Waals surface area contributed by atoms with Gasteiger partial charge in [-0.25, -0.2) is 0 Å². The van der Waals surface area contributed by atoms with Gasteiger partial charge in [-0.05, 0) is 42.3 Å². The second-order valence-corrected chi connectivity index (χ2v) is 7.53. The normalized spacial score (nSPS) is 17.3. The maximum absolute atomic E-state index is 13.0. The third kappa shape index (κ3) is 4.29. The van der Waals surface area contributed by atoms with Crippen LogP contribution in [-0.4, -0.2) is 54.4 Å². The van der Waals surface area contributed by atoms with Crippen LogP contribution < -0.4 is 10.1 Å². The molecule has 0 spiro atoms. The number of rotatable bonds is 3. The van der Waals surface area contributed by atoms with Gasteiger partial charge in [0, 0.05) is 43.3 Å². The van der Waals surface area contributed by atoms with Gasteiger partial charge in [0.2, 0.25) is 0 Å². The first-order chi connectivity index (χ1) is 13.6. The van der Waals surface area contributed by atoms with E-state index in [9.17, 15) is 9.59 Å². The molecule has 0 aromatic heterocycles. The molecule has 7 heteroatoms. The number of hydrogen-bond acceptors (Lipinski definition) is 4. The number of fused-ring (bicyclic) bond motifs is 1. The standard InChI is InChI=1S/C21H22ClN3O3/c22-17-5-2-15(3-6-17)13-24-8-1-9-25(11-10-24)21(27)16-4-7-19-18(12-16)23-20(26)14-28-19/h2-7,12H,1,8-11,13-14H2,(H,23,26). The van der Waals surface area contributed by atoms with Gasteiger partial charge in [-0.15, -0.1) is 0 Å². The van der Waals surface area contributed by atoms with Crippen LogP contribution in [0.1, 0.15) is 22.3 Å². The van der Waals surface area contributed by atoms with Gasteiger partial charge in [0.25, 0.3) is 11.8 Å². The zero-order valence-corrected chi connectivity index (χ0v) is 16.2. The van der Waals surface area contributed by atoms with Crippen molar-refractivity contribution in [3.63, 3.8) is 0 Å². The summed E-state index contributed by atoms with van der Waals surface area (Å²) in [4.78, 5) is 28.7. The number of anilines is 1. The molecule has 4 rings (SSSR count). The molecular formula is C21H22ClN3O3. The van der Waals surface area contributed by atoms with Gasteiger partial charge in [0.1, 0.15) is 5.75 Å². The second kappa shape index (κ2) is 8.20. The van der Waals surface area contributed by atoms with Crippen molar-refractivity contribution < 1.29 is 14.3 Å². The molecule has 0 radical (unpaired) electrons. The fourth-order valence-corrected chi connectivity index (χ4v) is 3.70. The summed E-state index contributed by atoms with van der Waals surface area (Å²) >= 11 is 5.96. The van der Waals surface area contributed by atoms with Crippen LogP contribution in [0.25, 0.3) is 0 Å². The van der Waals surface area contributed by atoms with Crippen molar-refractivity contribution in [1.82, 2.24) is 9.80 Å². The van der Waals surface area contributed by atoms with Gasteiger partial charge in [0.05, 0.1) is 5.69 Å². The highest BCUT2D eigenvalue weighted by atomic mass is 35.5. The van der Waals surface area contributed by atoms with Crippen molar-refractivity contribution in [1.29, 1.82) is 0 Å². The summed E-state index contributed by atoms with van der Waals surface area (Å²) in [6.07, 6.45) is 0.921. The minimum atomic E-state index is -0.204. The topological polar surface area (TPSA) is 61.9 Å². The Morgan fingerprint density at radius 1 is 1.07 bits per heavy atom. The summed E-state index contributed by atoms with van der Waals surface area (Å²) in [5.41, 5.74) is 2.34. The van der Waals surface area contributed by atoms with Gasteiger partial charge in [-0.1, -0.05) is 23.7 Å². The van der Waals surface area contributed by atoms with E-state index in [0.29, 0.717) is 23.5 Å². The molecule has 0 aliphatic carbocycles. The second-order valence-electron chi connectivity index (χ2n) is 7.10. The van der Waals surface area contributed by atoms with Crippen molar-refractivity contribution in [2.45, 2.75) is 13.0 Å². The van der Waals surface area contributed by atoms with Crippen LogP contribution in [0.2, 0.25) is 5.02 Å². The first kappa shape index (κ1) is 18.8. The molecule has 0 saturated carbocycles. The number of carbonyl (C=O) groups is 2. The fourth-order valence-electron chi connectivity index (χ4n) is 3.58. The van der Waals surface area contributed by atoms with Gasteiger partial charge >= 0.3 is 0 Å². The van der Waals surface area contributed by atoms with E-state index >= 15 is 0 Å². The lowest BCUT2D eigenvalue weighted by molar-refractivity contribution is -0.118. The molecule has 0 atom stereocenters. The zero-order valence-electron chi connectivity index (χ0n) is 15.5. The van der Waals surface area contributed by atoms with Crippen LogP contribution in [-0.2, 0) is 11.3 Å². The van der Waals surface area contributed by atoms with E-state index in [2.05, 4.69) is 10.2 Å². The molecule has 2 aromatic rings. The van der Waals surface area contributed by atoms with Crippen LogP contribution in [0.5, 0.6) is 5.75 Å².